The van der Waals surface area contributed by atoms with Crippen LogP contribution in [0, 0.1) is 5.82 Å². The molecule has 6 heteroatoms. The summed E-state index contributed by atoms with van der Waals surface area (Å²) in [6, 6.07) is 4.62. The van der Waals surface area contributed by atoms with Crippen molar-refractivity contribution in [2.45, 2.75) is 49.7 Å². The highest BCUT2D eigenvalue weighted by Gasteiger charge is 2.41. The minimum absolute atomic E-state index is 0.0730. The van der Waals surface area contributed by atoms with E-state index in [4.69, 9.17) is 9.47 Å². The van der Waals surface area contributed by atoms with E-state index in [1.165, 1.54) is 6.07 Å². The standard InChI is InChI=1S/C18H23FN2O3/c19-16-4-3-13(9-15(16)12-1-2-12)20-17(22)21-14-5-7-24-18(10-14)6-8-23-11-18/h3-4,9,12,14H,1-2,5-8,10-11H2,(H2,20,21,22)/t14-,18-/m0/s1. The Kier molecular flexibility index (Phi) is 4.18. The first-order valence-electron chi connectivity index (χ1n) is 8.72. The third-order valence-corrected chi connectivity index (χ3v) is 5.17. The topological polar surface area (TPSA) is 59.6 Å². The molecule has 4 rings (SSSR count). The second kappa shape index (κ2) is 6.33. The molecule has 2 aliphatic heterocycles. The van der Waals surface area contributed by atoms with Crippen molar-refractivity contribution < 1.29 is 18.7 Å². The molecular formula is C18H23FN2O3. The molecule has 2 saturated heterocycles. The van der Waals surface area contributed by atoms with Crippen molar-refractivity contribution in [2.24, 2.45) is 0 Å². The number of halogens is 1. The van der Waals surface area contributed by atoms with Gasteiger partial charge in [0.2, 0.25) is 0 Å². The van der Waals surface area contributed by atoms with Crippen LogP contribution in [0.25, 0.3) is 0 Å². The van der Waals surface area contributed by atoms with Gasteiger partial charge in [-0.05, 0) is 55.4 Å². The highest BCUT2D eigenvalue weighted by atomic mass is 19.1. The maximum absolute atomic E-state index is 13.8. The average Bonchev–Trinajstić information content (AvgIpc) is 3.31. The molecule has 1 aromatic carbocycles. The smallest absolute Gasteiger partial charge is 0.319 e. The largest absolute Gasteiger partial charge is 0.378 e. The number of carbonyl (C=O) groups excluding carboxylic acids is 1. The maximum atomic E-state index is 13.8. The van der Waals surface area contributed by atoms with E-state index in [9.17, 15) is 9.18 Å². The fourth-order valence-electron chi connectivity index (χ4n) is 3.70. The molecule has 24 heavy (non-hydrogen) atoms. The summed E-state index contributed by atoms with van der Waals surface area (Å²) >= 11 is 0. The molecule has 0 bridgehead atoms. The second-order valence-electron chi connectivity index (χ2n) is 7.13. The molecule has 3 aliphatic rings. The number of anilines is 1. The number of urea groups is 1. The van der Waals surface area contributed by atoms with E-state index < -0.39 is 0 Å². The molecule has 0 unspecified atom stereocenters. The van der Waals surface area contributed by atoms with Gasteiger partial charge >= 0.3 is 6.03 Å². The van der Waals surface area contributed by atoms with Gasteiger partial charge < -0.3 is 20.1 Å². The number of ether oxygens (including phenoxy) is 2. The zero-order valence-electron chi connectivity index (χ0n) is 13.6. The van der Waals surface area contributed by atoms with Gasteiger partial charge in [-0.2, -0.15) is 0 Å². The number of carbonyl (C=O) groups is 1. The summed E-state index contributed by atoms with van der Waals surface area (Å²) in [6.07, 6.45) is 4.51. The van der Waals surface area contributed by atoms with E-state index in [1.54, 1.807) is 12.1 Å². The van der Waals surface area contributed by atoms with Gasteiger partial charge in [-0.25, -0.2) is 9.18 Å². The summed E-state index contributed by atoms with van der Waals surface area (Å²) in [5, 5.41) is 5.85. The fraction of sp³-hybridized carbons (Fsp3) is 0.611. The summed E-state index contributed by atoms with van der Waals surface area (Å²) in [4.78, 5) is 12.3. The van der Waals surface area contributed by atoms with Gasteiger partial charge in [-0.15, -0.1) is 0 Å². The number of hydrogen-bond acceptors (Lipinski definition) is 3. The van der Waals surface area contributed by atoms with Crippen LogP contribution in [-0.4, -0.2) is 37.5 Å². The minimum Gasteiger partial charge on any atom is -0.378 e. The molecule has 2 heterocycles. The van der Waals surface area contributed by atoms with Gasteiger partial charge in [0, 0.05) is 31.4 Å². The molecule has 1 aromatic rings. The van der Waals surface area contributed by atoms with Gasteiger partial charge in [0.05, 0.1) is 12.2 Å². The zero-order valence-corrected chi connectivity index (χ0v) is 13.6. The Morgan fingerprint density at radius 1 is 1.25 bits per heavy atom. The van der Waals surface area contributed by atoms with Crippen LogP contribution in [0.3, 0.4) is 0 Å². The molecule has 1 spiro atoms. The van der Waals surface area contributed by atoms with Gasteiger partial charge in [-0.3, -0.25) is 0 Å². The Morgan fingerprint density at radius 2 is 2.12 bits per heavy atom. The van der Waals surface area contributed by atoms with Crippen molar-refractivity contribution in [3.63, 3.8) is 0 Å². The first-order chi connectivity index (χ1) is 11.6. The monoisotopic (exact) mass is 334 g/mol. The lowest BCUT2D eigenvalue weighted by Crippen LogP contribution is -2.49. The third kappa shape index (κ3) is 3.39. The predicted octanol–water partition coefficient (Wildman–Crippen LogP) is 3.16. The average molecular weight is 334 g/mol. The molecule has 1 saturated carbocycles. The van der Waals surface area contributed by atoms with Crippen LogP contribution in [0.1, 0.15) is 43.6 Å². The van der Waals surface area contributed by atoms with Crippen molar-refractivity contribution in [2.75, 3.05) is 25.1 Å². The van der Waals surface area contributed by atoms with Crippen molar-refractivity contribution in [1.29, 1.82) is 0 Å². The first kappa shape index (κ1) is 15.8. The molecule has 130 valence electrons. The molecule has 1 aliphatic carbocycles. The van der Waals surface area contributed by atoms with Gasteiger partial charge in [-0.1, -0.05) is 0 Å². The number of nitrogens with one attached hydrogen (secondary N) is 2. The highest BCUT2D eigenvalue weighted by molar-refractivity contribution is 5.89. The molecular weight excluding hydrogens is 311 g/mol. The lowest BCUT2D eigenvalue weighted by molar-refractivity contribution is -0.0877. The van der Waals surface area contributed by atoms with Crippen molar-refractivity contribution in [3.05, 3.63) is 29.6 Å². The van der Waals surface area contributed by atoms with E-state index in [2.05, 4.69) is 10.6 Å². The highest BCUT2D eigenvalue weighted by Crippen LogP contribution is 2.42. The van der Waals surface area contributed by atoms with Crippen molar-refractivity contribution in [1.82, 2.24) is 5.32 Å². The Balaban J connectivity index is 1.35. The SMILES string of the molecule is O=C(Nc1ccc(F)c(C2CC2)c1)N[C@H]1CCO[C@@]2(CCOC2)C1. The van der Waals surface area contributed by atoms with E-state index in [0.29, 0.717) is 30.4 Å². The van der Waals surface area contributed by atoms with Crippen molar-refractivity contribution >= 4 is 11.7 Å². The van der Waals surface area contributed by atoms with E-state index in [-0.39, 0.29) is 23.5 Å². The van der Waals surface area contributed by atoms with Gasteiger partial charge in [0.1, 0.15) is 5.82 Å². The van der Waals surface area contributed by atoms with E-state index in [0.717, 1.165) is 38.7 Å². The first-order valence-corrected chi connectivity index (χ1v) is 8.72. The molecule has 0 radical (unpaired) electrons. The van der Waals surface area contributed by atoms with E-state index in [1.807, 2.05) is 0 Å². The molecule has 3 fully saturated rings. The Bertz CT molecular complexity index is 627. The van der Waals surface area contributed by atoms with Crippen LogP contribution in [0.2, 0.25) is 0 Å². The van der Waals surface area contributed by atoms with Gasteiger partial charge in [0.15, 0.2) is 0 Å². The van der Waals surface area contributed by atoms with Crippen LogP contribution in [0.5, 0.6) is 0 Å². The number of hydrogen-bond donors (Lipinski definition) is 2. The second-order valence-corrected chi connectivity index (χ2v) is 7.13. The normalized spacial score (nSPS) is 29.6. The molecule has 2 amide bonds. The Morgan fingerprint density at radius 3 is 2.88 bits per heavy atom. The fourth-order valence-corrected chi connectivity index (χ4v) is 3.70. The summed E-state index contributed by atoms with van der Waals surface area (Å²) in [5.41, 5.74) is 1.12. The Hall–Kier alpha value is -1.66. The molecule has 5 nitrogen and oxygen atoms in total. The van der Waals surface area contributed by atoms with Crippen LogP contribution in [0.15, 0.2) is 18.2 Å². The molecule has 0 aromatic heterocycles. The lowest BCUT2D eigenvalue weighted by atomic mass is 9.90. The van der Waals surface area contributed by atoms with Crippen molar-refractivity contribution in [3.8, 4) is 0 Å². The van der Waals surface area contributed by atoms with Gasteiger partial charge in [0.25, 0.3) is 0 Å². The van der Waals surface area contributed by atoms with Crippen LogP contribution < -0.4 is 10.6 Å². The molecule has 2 N–H and O–H groups in total. The summed E-state index contributed by atoms with van der Waals surface area (Å²) < 4.78 is 25.1. The Labute approximate surface area is 140 Å². The summed E-state index contributed by atoms with van der Waals surface area (Å²) in [6.45, 7) is 1.96. The summed E-state index contributed by atoms with van der Waals surface area (Å²) in [5.74, 6) is 0.128. The number of benzene rings is 1. The predicted molar refractivity (Wildman–Crippen MR) is 87.7 cm³/mol. The van der Waals surface area contributed by atoms with Crippen LogP contribution in [0.4, 0.5) is 14.9 Å². The zero-order chi connectivity index (χ0) is 16.6. The summed E-state index contributed by atoms with van der Waals surface area (Å²) in [7, 11) is 0. The minimum atomic E-state index is -0.246. The van der Waals surface area contributed by atoms with Crippen LogP contribution >= 0.6 is 0 Å². The maximum Gasteiger partial charge on any atom is 0.319 e. The van der Waals surface area contributed by atoms with E-state index >= 15 is 0 Å². The third-order valence-electron chi connectivity index (χ3n) is 5.17. The number of amides is 2. The lowest BCUT2D eigenvalue weighted by Gasteiger charge is -2.37. The quantitative estimate of drug-likeness (QED) is 0.893. The number of rotatable bonds is 3. The molecule has 2 atom stereocenters. The van der Waals surface area contributed by atoms with Crippen LogP contribution in [-0.2, 0) is 9.47 Å².